The summed E-state index contributed by atoms with van der Waals surface area (Å²) in [4.78, 5) is 12.7. The van der Waals surface area contributed by atoms with Gasteiger partial charge in [0.25, 0.3) is 0 Å². The van der Waals surface area contributed by atoms with Crippen LogP contribution < -0.4 is 5.32 Å². The Kier molecular flexibility index (Phi) is 2.54. The van der Waals surface area contributed by atoms with Gasteiger partial charge in [0.1, 0.15) is 6.54 Å². The predicted octanol–water partition coefficient (Wildman–Crippen LogP) is 0.560. The smallest absolute Gasteiger partial charge is 0.318 e. The van der Waals surface area contributed by atoms with Crippen molar-refractivity contribution in [1.82, 2.24) is 10.2 Å². The summed E-state index contributed by atoms with van der Waals surface area (Å²) >= 11 is 0. The van der Waals surface area contributed by atoms with Crippen LogP contribution in [0.3, 0.4) is 0 Å². The molecule has 0 bridgehead atoms. The van der Waals surface area contributed by atoms with Gasteiger partial charge in [0, 0.05) is 6.54 Å². The minimum atomic E-state index is -0.116. The maximum Gasteiger partial charge on any atom is 0.318 e. The molecular formula is C8H13N3O. The van der Waals surface area contributed by atoms with Crippen LogP contribution in [0, 0.1) is 17.2 Å². The van der Waals surface area contributed by atoms with Crippen LogP contribution >= 0.6 is 0 Å². The average Bonchev–Trinajstić information content (AvgIpc) is 2.34. The number of hydrogen-bond acceptors (Lipinski definition) is 2. The second-order valence-electron chi connectivity index (χ2n) is 3.34. The molecule has 1 saturated heterocycles. The maximum atomic E-state index is 11.1. The number of carbonyl (C=O) groups excluding carboxylic acids is 1. The molecule has 1 heterocycles. The Morgan fingerprint density at radius 1 is 1.83 bits per heavy atom. The lowest BCUT2D eigenvalue weighted by atomic mass is 10.1. The molecule has 0 aromatic carbocycles. The zero-order chi connectivity index (χ0) is 9.14. The van der Waals surface area contributed by atoms with E-state index in [-0.39, 0.29) is 18.6 Å². The van der Waals surface area contributed by atoms with E-state index in [2.05, 4.69) is 19.2 Å². The number of hydrogen-bond donors (Lipinski definition) is 1. The molecule has 1 rings (SSSR count). The van der Waals surface area contributed by atoms with E-state index in [1.54, 1.807) is 0 Å². The number of nitrogens with one attached hydrogen (secondary N) is 1. The first-order chi connectivity index (χ1) is 5.65. The molecule has 2 amide bonds. The molecule has 0 saturated carbocycles. The number of rotatable bonds is 2. The van der Waals surface area contributed by atoms with Crippen LogP contribution in [0.2, 0.25) is 0 Å². The molecule has 1 aliphatic heterocycles. The van der Waals surface area contributed by atoms with E-state index in [9.17, 15) is 4.79 Å². The van der Waals surface area contributed by atoms with Gasteiger partial charge in [-0.1, -0.05) is 13.8 Å². The van der Waals surface area contributed by atoms with Gasteiger partial charge in [-0.05, 0) is 5.92 Å². The van der Waals surface area contributed by atoms with Crippen LogP contribution in [-0.4, -0.2) is 30.1 Å². The van der Waals surface area contributed by atoms with Crippen LogP contribution in [0.4, 0.5) is 4.79 Å². The fourth-order valence-corrected chi connectivity index (χ4v) is 1.22. The van der Waals surface area contributed by atoms with Crippen molar-refractivity contribution in [3.05, 3.63) is 0 Å². The van der Waals surface area contributed by atoms with Crippen molar-refractivity contribution in [2.45, 2.75) is 19.9 Å². The van der Waals surface area contributed by atoms with Crippen molar-refractivity contribution in [2.75, 3.05) is 13.1 Å². The van der Waals surface area contributed by atoms with E-state index in [4.69, 9.17) is 5.26 Å². The van der Waals surface area contributed by atoms with Crippen molar-refractivity contribution in [3.63, 3.8) is 0 Å². The van der Waals surface area contributed by atoms with Gasteiger partial charge >= 0.3 is 6.03 Å². The molecule has 4 heteroatoms. The van der Waals surface area contributed by atoms with Crippen LogP contribution in [0.15, 0.2) is 0 Å². The second-order valence-corrected chi connectivity index (χ2v) is 3.34. The number of nitriles is 1. The summed E-state index contributed by atoms with van der Waals surface area (Å²) in [5, 5.41) is 11.2. The molecule has 0 aliphatic carbocycles. The van der Waals surface area contributed by atoms with Crippen LogP contribution in [0.5, 0.6) is 0 Å². The molecule has 0 aromatic rings. The average molecular weight is 167 g/mol. The zero-order valence-corrected chi connectivity index (χ0v) is 7.37. The minimum Gasteiger partial charge on any atom is -0.333 e. The van der Waals surface area contributed by atoms with Crippen molar-refractivity contribution >= 4 is 6.03 Å². The quantitative estimate of drug-likeness (QED) is 0.611. The lowest BCUT2D eigenvalue weighted by Crippen LogP contribution is -2.31. The zero-order valence-electron chi connectivity index (χ0n) is 7.37. The van der Waals surface area contributed by atoms with Crippen molar-refractivity contribution in [2.24, 2.45) is 5.92 Å². The van der Waals surface area contributed by atoms with E-state index in [1.165, 1.54) is 4.90 Å². The van der Waals surface area contributed by atoms with Gasteiger partial charge in [0.15, 0.2) is 0 Å². The van der Waals surface area contributed by atoms with Crippen LogP contribution in [-0.2, 0) is 0 Å². The van der Waals surface area contributed by atoms with E-state index in [0.29, 0.717) is 12.5 Å². The number of nitrogens with zero attached hydrogens (tertiary/aromatic N) is 2. The van der Waals surface area contributed by atoms with Crippen molar-refractivity contribution in [1.29, 1.82) is 5.26 Å². The Labute approximate surface area is 72.2 Å². The summed E-state index contributed by atoms with van der Waals surface area (Å²) in [7, 11) is 0. The van der Waals surface area contributed by atoms with Crippen LogP contribution in [0.25, 0.3) is 0 Å². The molecular weight excluding hydrogens is 154 g/mol. The lowest BCUT2D eigenvalue weighted by Gasteiger charge is -2.12. The van der Waals surface area contributed by atoms with Gasteiger partial charge in [-0.15, -0.1) is 0 Å². The van der Waals surface area contributed by atoms with Gasteiger partial charge in [0.2, 0.25) is 0 Å². The predicted molar refractivity (Wildman–Crippen MR) is 44.3 cm³/mol. The summed E-state index contributed by atoms with van der Waals surface area (Å²) in [5.41, 5.74) is 0. The second kappa shape index (κ2) is 3.44. The minimum absolute atomic E-state index is 0.116. The van der Waals surface area contributed by atoms with Gasteiger partial charge in [-0.2, -0.15) is 5.26 Å². The highest BCUT2D eigenvalue weighted by Gasteiger charge is 2.29. The van der Waals surface area contributed by atoms with Crippen molar-refractivity contribution < 1.29 is 4.79 Å². The molecule has 0 radical (unpaired) electrons. The normalized spacial score (nSPS) is 22.7. The molecule has 1 aliphatic rings. The molecule has 0 spiro atoms. The molecule has 1 fully saturated rings. The Bertz CT molecular complexity index is 219. The third-order valence-electron chi connectivity index (χ3n) is 2.08. The number of carbonyl (C=O) groups is 1. The fraction of sp³-hybridized carbons (Fsp3) is 0.750. The maximum absolute atomic E-state index is 11.1. The monoisotopic (exact) mass is 167 g/mol. The Balaban J connectivity index is 2.51. The van der Waals surface area contributed by atoms with E-state index in [0.717, 1.165) is 0 Å². The molecule has 4 nitrogen and oxygen atoms in total. The van der Waals surface area contributed by atoms with Gasteiger partial charge in [-0.25, -0.2) is 4.79 Å². The fourth-order valence-electron chi connectivity index (χ4n) is 1.22. The summed E-state index contributed by atoms with van der Waals surface area (Å²) in [5.74, 6) is 0.428. The van der Waals surface area contributed by atoms with Gasteiger partial charge in [-0.3, -0.25) is 0 Å². The SMILES string of the molecule is CC(C)C1CN(CC#N)C(=O)N1. The Hall–Kier alpha value is -1.24. The third kappa shape index (κ3) is 1.67. The van der Waals surface area contributed by atoms with Gasteiger partial charge < -0.3 is 10.2 Å². The highest BCUT2D eigenvalue weighted by Crippen LogP contribution is 2.10. The topological polar surface area (TPSA) is 56.1 Å². The molecule has 66 valence electrons. The van der Waals surface area contributed by atoms with Crippen molar-refractivity contribution in [3.8, 4) is 6.07 Å². The largest absolute Gasteiger partial charge is 0.333 e. The Morgan fingerprint density at radius 3 is 2.92 bits per heavy atom. The first kappa shape index (κ1) is 8.85. The van der Waals surface area contributed by atoms with E-state index in [1.807, 2.05) is 6.07 Å². The third-order valence-corrected chi connectivity index (χ3v) is 2.08. The summed E-state index contributed by atoms with van der Waals surface area (Å²) in [6.07, 6.45) is 0. The highest BCUT2D eigenvalue weighted by molar-refractivity contribution is 5.77. The number of urea groups is 1. The standard InChI is InChI=1S/C8H13N3O/c1-6(2)7-5-11(4-3-9)8(12)10-7/h6-7H,4-5H2,1-2H3,(H,10,12). The number of amides is 2. The molecule has 0 aromatic heterocycles. The first-order valence-corrected chi connectivity index (χ1v) is 4.07. The summed E-state index contributed by atoms with van der Waals surface area (Å²) < 4.78 is 0. The van der Waals surface area contributed by atoms with E-state index >= 15 is 0 Å². The Morgan fingerprint density at radius 2 is 2.50 bits per heavy atom. The molecule has 12 heavy (non-hydrogen) atoms. The van der Waals surface area contributed by atoms with Crippen LogP contribution in [0.1, 0.15) is 13.8 Å². The summed E-state index contributed by atoms with van der Waals surface area (Å²) in [6.45, 7) is 4.96. The van der Waals surface area contributed by atoms with Gasteiger partial charge in [0.05, 0.1) is 12.1 Å². The molecule has 1 atom stereocenters. The first-order valence-electron chi connectivity index (χ1n) is 4.07. The summed E-state index contributed by atoms with van der Waals surface area (Å²) in [6, 6.07) is 2.05. The molecule has 1 unspecified atom stereocenters. The lowest BCUT2D eigenvalue weighted by molar-refractivity contribution is 0.222. The van der Waals surface area contributed by atoms with E-state index < -0.39 is 0 Å². The highest BCUT2D eigenvalue weighted by atomic mass is 16.2. The molecule has 1 N–H and O–H groups in total.